The molecule has 0 spiro atoms. The van der Waals surface area contributed by atoms with Gasteiger partial charge in [0.2, 0.25) is 0 Å². The molecule has 1 aliphatic rings. The number of benzene rings is 1. The van der Waals surface area contributed by atoms with E-state index in [0.29, 0.717) is 30.7 Å². The van der Waals surface area contributed by atoms with Gasteiger partial charge in [0, 0.05) is 36.3 Å². The molecule has 116 valence electrons. The Kier molecular flexibility index (Phi) is 5.52. The Balaban J connectivity index is 2.19. The summed E-state index contributed by atoms with van der Waals surface area (Å²) in [4.78, 5) is 10.6. The second kappa shape index (κ2) is 7.38. The zero-order valence-electron chi connectivity index (χ0n) is 12.5. The Hall–Kier alpha value is -1.66. The molecule has 1 fully saturated rings. The smallest absolute Gasteiger partial charge is 0.269 e. The lowest BCUT2D eigenvalue weighted by Crippen LogP contribution is -2.43. The molecule has 2 atom stereocenters. The van der Waals surface area contributed by atoms with E-state index in [-0.39, 0.29) is 10.6 Å². The minimum absolute atomic E-state index is 0.0996. The van der Waals surface area contributed by atoms with Crippen molar-refractivity contribution < 1.29 is 14.4 Å². The van der Waals surface area contributed by atoms with Crippen molar-refractivity contribution in [2.75, 3.05) is 26.9 Å². The number of nitrogens with zero attached hydrogens (tertiary/aromatic N) is 1. The molecule has 1 heterocycles. The molecule has 0 amide bonds. The third-order valence-electron chi connectivity index (χ3n) is 3.90. The average molecular weight is 294 g/mol. The van der Waals surface area contributed by atoms with Crippen LogP contribution < -0.4 is 10.1 Å². The predicted molar refractivity (Wildman–Crippen MR) is 79.7 cm³/mol. The molecule has 0 saturated carbocycles. The van der Waals surface area contributed by atoms with Gasteiger partial charge in [-0.25, -0.2) is 0 Å². The lowest BCUT2D eigenvalue weighted by molar-refractivity contribution is -0.384. The molecular formula is C15H22N2O4. The number of ether oxygens (including phenoxy) is 2. The zero-order valence-corrected chi connectivity index (χ0v) is 12.5. The topological polar surface area (TPSA) is 73.6 Å². The van der Waals surface area contributed by atoms with Crippen LogP contribution in [0.25, 0.3) is 0 Å². The number of hydrogen-bond acceptors (Lipinski definition) is 5. The number of methoxy groups -OCH3 is 1. The summed E-state index contributed by atoms with van der Waals surface area (Å²) < 4.78 is 10.9. The van der Waals surface area contributed by atoms with E-state index in [1.54, 1.807) is 19.2 Å². The van der Waals surface area contributed by atoms with Crippen LogP contribution >= 0.6 is 0 Å². The predicted octanol–water partition coefficient (Wildman–Crippen LogP) is 2.16. The fourth-order valence-electron chi connectivity index (χ4n) is 2.85. The van der Waals surface area contributed by atoms with Crippen LogP contribution in [0.15, 0.2) is 18.2 Å². The van der Waals surface area contributed by atoms with E-state index in [4.69, 9.17) is 9.47 Å². The second-order valence-electron chi connectivity index (χ2n) is 5.25. The molecule has 2 unspecified atom stereocenters. The van der Waals surface area contributed by atoms with E-state index in [1.807, 2.05) is 0 Å². The van der Waals surface area contributed by atoms with Crippen LogP contribution in [0, 0.1) is 16.0 Å². The van der Waals surface area contributed by atoms with Gasteiger partial charge < -0.3 is 14.8 Å². The summed E-state index contributed by atoms with van der Waals surface area (Å²) in [5, 5.41) is 14.4. The van der Waals surface area contributed by atoms with Crippen molar-refractivity contribution in [2.45, 2.75) is 25.8 Å². The van der Waals surface area contributed by atoms with Crippen molar-refractivity contribution in [2.24, 2.45) is 5.92 Å². The van der Waals surface area contributed by atoms with Crippen LogP contribution in [-0.2, 0) is 11.2 Å². The number of nitrogens with one attached hydrogen (secondary N) is 1. The van der Waals surface area contributed by atoms with Crippen LogP contribution in [0.3, 0.4) is 0 Å². The van der Waals surface area contributed by atoms with E-state index in [0.717, 1.165) is 25.1 Å². The van der Waals surface area contributed by atoms with Crippen molar-refractivity contribution in [1.82, 2.24) is 5.32 Å². The van der Waals surface area contributed by atoms with Gasteiger partial charge in [0.1, 0.15) is 5.75 Å². The molecule has 1 N–H and O–H groups in total. The SMILES string of the molecule is CCNC1CCOCC1Cc1cc([N+](=O)[O-])ccc1OC. The minimum atomic E-state index is -0.373. The molecule has 21 heavy (non-hydrogen) atoms. The Bertz CT molecular complexity index is 491. The highest BCUT2D eigenvalue weighted by Gasteiger charge is 2.26. The van der Waals surface area contributed by atoms with E-state index >= 15 is 0 Å². The molecule has 0 aliphatic carbocycles. The standard InChI is InChI=1S/C15H22N2O4/c1-3-16-14-6-7-21-10-12(14)8-11-9-13(17(18)19)4-5-15(11)20-2/h4-5,9,12,14,16H,3,6-8,10H2,1-2H3. The normalized spacial score (nSPS) is 22.0. The molecular weight excluding hydrogens is 272 g/mol. The fraction of sp³-hybridized carbons (Fsp3) is 0.600. The molecule has 1 aliphatic heterocycles. The summed E-state index contributed by atoms with van der Waals surface area (Å²) in [6.45, 7) is 4.43. The van der Waals surface area contributed by atoms with E-state index in [2.05, 4.69) is 12.2 Å². The Morgan fingerprint density at radius 1 is 1.52 bits per heavy atom. The first kappa shape index (κ1) is 15.7. The molecule has 1 aromatic rings. The molecule has 0 radical (unpaired) electrons. The van der Waals surface area contributed by atoms with Crippen LogP contribution in [0.2, 0.25) is 0 Å². The summed E-state index contributed by atoms with van der Waals surface area (Å²) in [5.74, 6) is 0.996. The van der Waals surface area contributed by atoms with Crippen molar-refractivity contribution in [3.05, 3.63) is 33.9 Å². The van der Waals surface area contributed by atoms with Gasteiger partial charge in [0.05, 0.1) is 18.6 Å². The lowest BCUT2D eigenvalue weighted by Gasteiger charge is -2.32. The molecule has 6 nitrogen and oxygen atoms in total. The van der Waals surface area contributed by atoms with Crippen LogP contribution in [0.5, 0.6) is 5.75 Å². The maximum atomic E-state index is 10.9. The van der Waals surface area contributed by atoms with Gasteiger partial charge in [0.15, 0.2) is 0 Å². The summed E-state index contributed by atoms with van der Waals surface area (Å²) in [7, 11) is 1.59. The second-order valence-corrected chi connectivity index (χ2v) is 5.25. The fourth-order valence-corrected chi connectivity index (χ4v) is 2.85. The molecule has 0 aromatic heterocycles. The first-order chi connectivity index (χ1) is 10.2. The van der Waals surface area contributed by atoms with Gasteiger partial charge in [-0.3, -0.25) is 10.1 Å². The highest BCUT2D eigenvalue weighted by Crippen LogP contribution is 2.29. The highest BCUT2D eigenvalue weighted by atomic mass is 16.6. The third kappa shape index (κ3) is 3.92. The number of nitro benzene ring substituents is 1. The van der Waals surface area contributed by atoms with Crippen LogP contribution in [-0.4, -0.2) is 37.8 Å². The van der Waals surface area contributed by atoms with Crippen LogP contribution in [0.1, 0.15) is 18.9 Å². The quantitative estimate of drug-likeness (QED) is 0.643. The summed E-state index contributed by atoms with van der Waals surface area (Å²) in [6.07, 6.45) is 1.68. The average Bonchev–Trinajstić information content (AvgIpc) is 2.49. The van der Waals surface area contributed by atoms with Gasteiger partial charge in [-0.05, 0) is 25.5 Å². The van der Waals surface area contributed by atoms with E-state index in [1.165, 1.54) is 6.07 Å². The molecule has 2 rings (SSSR count). The maximum absolute atomic E-state index is 10.9. The van der Waals surface area contributed by atoms with E-state index in [9.17, 15) is 10.1 Å². The van der Waals surface area contributed by atoms with E-state index < -0.39 is 0 Å². The Morgan fingerprint density at radius 2 is 2.33 bits per heavy atom. The highest BCUT2D eigenvalue weighted by molar-refractivity contribution is 5.44. The first-order valence-corrected chi connectivity index (χ1v) is 7.28. The van der Waals surface area contributed by atoms with Crippen molar-refractivity contribution >= 4 is 5.69 Å². The first-order valence-electron chi connectivity index (χ1n) is 7.28. The molecule has 1 saturated heterocycles. The number of nitro groups is 1. The summed E-state index contributed by atoms with van der Waals surface area (Å²) in [5.41, 5.74) is 0.965. The zero-order chi connectivity index (χ0) is 15.2. The van der Waals surface area contributed by atoms with Gasteiger partial charge in [-0.2, -0.15) is 0 Å². The lowest BCUT2D eigenvalue weighted by atomic mass is 9.89. The minimum Gasteiger partial charge on any atom is -0.496 e. The summed E-state index contributed by atoms with van der Waals surface area (Å²) in [6, 6.07) is 5.13. The molecule has 0 bridgehead atoms. The number of non-ortho nitro benzene ring substituents is 1. The number of rotatable bonds is 6. The van der Waals surface area contributed by atoms with Crippen LogP contribution in [0.4, 0.5) is 5.69 Å². The van der Waals surface area contributed by atoms with Crippen molar-refractivity contribution in [3.8, 4) is 5.75 Å². The van der Waals surface area contributed by atoms with Crippen molar-refractivity contribution in [3.63, 3.8) is 0 Å². The van der Waals surface area contributed by atoms with Gasteiger partial charge in [-0.1, -0.05) is 6.92 Å². The largest absolute Gasteiger partial charge is 0.496 e. The van der Waals surface area contributed by atoms with Gasteiger partial charge in [-0.15, -0.1) is 0 Å². The third-order valence-corrected chi connectivity index (χ3v) is 3.90. The number of hydrogen-bond donors (Lipinski definition) is 1. The Morgan fingerprint density at radius 3 is 3.00 bits per heavy atom. The van der Waals surface area contributed by atoms with Gasteiger partial charge in [0.25, 0.3) is 5.69 Å². The molecule has 6 heteroatoms. The maximum Gasteiger partial charge on any atom is 0.269 e. The Labute approximate surface area is 124 Å². The molecule has 1 aromatic carbocycles. The van der Waals surface area contributed by atoms with Gasteiger partial charge >= 0.3 is 0 Å². The monoisotopic (exact) mass is 294 g/mol. The summed E-state index contributed by atoms with van der Waals surface area (Å²) >= 11 is 0. The van der Waals surface area contributed by atoms with Crippen molar-refractivity contribution in [1.29, 1.82) is 0 Å².